The molecule has 3 aromatic rings. The molecule has 1 saturated heterocycles. The maximum Gasteiger partial charge on any atom is 0.0924 e. The number of nitrogen functional groups attached to an aromatic ring is 1. The van der Waals surface area contributed by atoms with E-state index in [1.54, 1.807) is 6.20 Å². The lowest BCUT2D eigenvalue weighted by Crippen LogP contribution is -2.29. The van der Waals surface area contributed by atoms with Crippen LogP contribution in [0.5, 0.6) is 0 Å². The van der Waals surface area contributed by atoms with Gasteiger partial charge in [0.1, 0.15) is 0 Å². The zero-order valence-electron chi connectivity index (χ0n) is 12.2. The summed E-state index contributed by atoms with van der Waals surface area (Å²) in [5.41, 5.74) is 10.0. The zero-order valence-corrected chi connectivity index (χ0v) is 12.2. The second kappa shape index (κ2) is 5.38. The third-order valence-corrected chi connectivity index (χ3v) is 4.15. The fraction of sp³-hybridized carbons (Fsp3) is 0.312. The molecule has 6 heteroatoms. The zero-order chi connectivity index (χ0) is 14.9. The van der Waals surface area contributed by atoms with Gasteiger partial charge in [0.15, 0.2) is 0 Å². The molecule has 1 fully saturated rings. The van der Waals surface area contributed by atoms with Crippen LogP contribution in [-0.2, 0) is 0 Å². The van der Waals surface area contributed by atoms with Crippen LogP contribution in [0, 0.1) is 0 Å². The van der Waals surface area contributed by atoms with Gasteiger partial charge in [-0.05, 0) is 44.1 Å². The number of piperidine rings is 1. The van der Waals surface area contributed by atoms with Crippen LogP contribution in [0.25, 0.3) is 22.3 Å². The minimum Gasteiger partial charge on any atom is -0.399 e. The predicted molar refractivity (Wildman–Crippen MR) is 86.3 cm³/mol. The van der Waals surface area contributed by atoms with Gasteiger partial charge in [-0.2, -0.15) is 5.10 Å². The van der Waals surface area contributed by atoms with Crippen molar-refractivity contribution in [3.8, 4) is 11.3 Å². The van der Waals surface area contributed by atoms with E-state index in [-0.39, 0.29) is 0 Å². The summed E-state index contributed by atoms with van der Waals surface area (Å²) >= 11 is 0. The van der Waals surface area contributed by atoms with Crippen LogP contribution in [-0.4, -0.2) is 32.8 Å². The Morgan fingerprint density at radius 2 is 2.00 bits per heavy atom. The minimum atomic E-state index is 0.471. The number of hydrogen-bond acceptors (Lipinski definition) is 5. The Morgan fingerprint density at radius 3 is 2.86 bits per heavy atom. The van der Waals surface area contributed by atoms with E-state index in [0.717, 1.165) is 48.2 Å². The van der Waals surface area contributed by atoms with Crippen molar-refractivity contribution in [3.05, 3.63) is 36.8 Å². The van der Waals surface area contributed by atoms with Gasteiger partial charge in [-0.15, -0.1) is 0 Å². The van der Waals surface area contributed by atoms with Gasteiger partial charge in [0.25, 0.3) is 0 Å². The van der Waals surface area contributed by atoms with E-state index in [1.807, 2.05) is 24.4 Å². The Hall–Kier alpha value is -2.47. The Kier molecular flexibility index (Phi) is 3.23. The van der Waals surface area contributed by atoms with Crippen LogP contribution < -0.4 is 11.1 Å². The van der Waals surface area contributed by atoms with Crippen molar-refractivity contribution in [3.63, 3.8) is 0 Å². The molecule has 6 nitrogen and oxygen atoms in total. The number of aromatic nitrogens is 4. The largest absolute Gasteiger partial charge is 0.399 e. The Morgan fingerprint density at radius 1 is 1.14 bits per heavy atom. The van der Waals surface area contributed by atoms with Crippen LogP contribution in [0.2, 0.25) is 0 Å². The fourth-order valence-electron chi connectivity index (χ4n) is 2.91. The molecule has 1 aliphatic rings. The second-order valence-electron chi connectivity index (χ2n) is 5.69. The second-order valence-corrected chi connectivity index (χ2v) is 5.69. The first-order valence-electron chi connectivity index (χ1n) is 7.57. The Labute approximate surface area is 128 Å². The molecule has 0 saturated carbocycles. The van der Waals surface area contributed by atoms with E-state index in [1.165, 1.54) is 0 Å². The standard InChI is InChI=1S/C16H18N6/c17-12-1-2-14-15(7-12)21-16(9-19-14)11-8-20-22(10-11)13-3-5-18-6-4-13/h1-2,7-10,13,18H,3-6,17H2. The quantitative estimate of drug-likeness (QED) is 0.706. The van der Waals surface area contributed by atoms with Gasteiger partial charge in [0, 0.05) is 17.4 Å². The van der Waals surface area contributed by atoms with E-state index in [9.17, 15) is 0 Å². The average Bonchev–Trinajstić information content (AvgIpc) is 3.05. The van der Waals surface area contributed by atoms with E-state index in [2.05, 4.69) is 31.3 Å². The van der Waals surface area contributed by atoms with Crippen LogP contribution in [0.4, 0.5) is 5.69 Å². The molecule has 0 radical (unpaired) electrons. The van der Waals surface area contributed by atoms with Crippen LogP contribution in [0.15, 0.2) is 36.8 Å². The number of nitrogens with one attached hydrogen (secondary N) is 1. The maximum absolute atomic E-state index is 5.82. The molecule has 0 amide bonds. The van der Waals surface area contributed by atoms with E-state index < -0.39 is 0 Å². The van der Waals surface area contributed by atoms with Crippen molar-refractivity contribution in [1.82, 2.24) is 25.1 Å². The van der Waals surface area contributed by atoms with Crippen molar-refractivity contribution in [2.75, 3.05) is 18.8 Å². The van der Waals surface area contributed by atoms with E-state index in [4.69, 9.17) is 5.73 Å². The average molecular weight is 294 g/mol. The van der Waals surface area contributed by atoms with E-state index in [0.29, 0.717) is 11.7 Å². The van der Waals surface area contributed by atoms with Crippen LogP contribution in [0.3, 0.4) is 0 Å². The van der Waals surface area contributed by atoms with Crippen LogP contribution >= 0.6 is 0 Å². The molecule has 22 heavy (non-hydrogen) atoms. The summed E-state index contributed by atoms with van der Waals surface area (Å²) in [4.78, 5) is 9.11. The lowest BCUT2D eigenvalue weighted by atomic mass is 10.1. The van der Waals surface area contributed by atoms with Crippen molar-refractivity contribution >= 4 is 16.7 Å². The molecule has 4 rings (SSSR count). The summed E-state index contributed by atoms with van der Waals surface area (Å²) in [6, 6.07) is 6.05. The van der Waals surface area contributed by atoms with E-state index >= 15 is 0 Å². The van der Waals surface area contributed by atoms with Gasteiger partial charge in [0.05, 0.1) is 35.2 Å². The van der Waals surface area contributed by atoms with Crippen molar-refractivity contribution < 1.29 is 0 Å². The highest BCUT2D eigenvalue weighted by molar-refractivity contribution is 5.80. The summed E-state index contributed by atoms with van der Waals surface area (Å²) in [6.45, 7) is 2.10. The van der Waals surface area contributed by atoms with Gasteiger partial charge in [-0.3, -0.25) is 9.67 Å². The number of benzene rings is 1. The lowest BCUT2D eigenvalue weighted by Gasteiger charge is -2.22. The maximum atomic E-state index is 5.82. The van der Waals surface area contributed by atoms with Gasteiger partial charge in [0.2, 0.25) is 0 Å². The third kappa shape index (κ3) is 2.42. The Bertz CT molecular complexity index is 803. The third-order valence-electron chi connectivity index (χ3n) is 4.15. The van der Waals surface area contributed by atoms with Gasteiger partial charge < -0.3 is 11.1 Å². The molecule has 1 aromatic carbocycles. The monoisotopic (exact) mass is 294 g/mol. The molecule has 0 atom stereocenters. The molecule has 3 heterocycles. The molecule has 1 aliphatic heterocycles. The SMILES string of the molecule is Nc1ccc2ncc(-c3cnn(C4CCNCC4)c3)nc2c1. The van der Waals surface area contributed by atoms with Gasteiger partial charge in [-0.25, -0.2) is 4.98 Å². The van der Waals surface area contributed by atoms with Crippen LogP contribution in [0.1, 0.15) is 18.9 Å². The van der Waals surface area contributed by atoms with Crippen molar-refractivity contribution in [2.24, 2.45) is 0 Å². The topological polar surface area (TPSA) is 81.6 Å². The smallest absolute Gasteiger partial charge is 0.0924 e. The number of fused-ring (bicyclic) bond motifs is 1. The highest BCUT2D eigenvalue weighted by Crippen LogP contribution is 2.23. The molecule has 112 valence electrons. The van der Waals surface area contributed by atoms with Gasteiger partial charge in [-0.1, -0.05) is 0 Å². The number of hydrogen-bond donors (Lipinski definition) is 2. The molecule has 2 aromatic heterocycles. The lowest BCUT2D eigenvalue weighted by molar-refractivity contribution is 0.343. The highest BCUT2D eigenvalue weighted by Gasteiger charge is 2.16. The summed E-state index contributed by atoms with van der Waals surface area (Å²) in [5, 5.41) is 7.88. The van der Waals surface area contributed by atoms with Crippen molar-refractivity contribution in [2.45, 2.75) is 18.9 Å². The first-order chi connectivity index (χ1) is 10.8. The molecule has 0 bridgehead atoms. The summed E-state index contributed by atoms with van der Waals surface area (Å²) in [7, 11) is 0. The molecular formula is C16H18N6. The molecule has 0 spiro atoms. The number of nitrogens with zero attached hydrogens (tertiary/aromatic N) is 4. The summed E-state index contributed by atoms with van der Waals surface area (Å²) < 4.78 is 2.06. The van der Waals surface area contributed by atoms with Crippen molar-refractivity contribution in [1.29, 1.82) is 0 Å². The summed E-state index contributed by atoms with van der Waals surface area (Å²) in [6.07, 6.45) is 7.95. The minimum absolute atomic E-state index is 0.471. The highest BCUT2D eigenvalue weighted by atomic mass is 15.3. The predicted octanol–water partition coefficient (Wildman–Crippen LogP) is 2.00. The van der Waals surface area contributed by atoms with Gasteiger partial charge >= 0.3 is 0 Å². The number of rotatable bonds is 2. The summed E-state index contributed by atoms with van der Waals surface area (Å²) in [5.74, 6) is 0. The number of nitrogens with two attached hydrogens (primary N) is 1. The number of anilines is 1. The first kappa shape index (κ1) is 13.2. The normalized spacial score (nSPS) is 16.2. The molecule has 0 unspecified atom stereocenters. The fourth-order valence-corrected chi connectivity index (χ4v) is 2.91. The molecule has 3 N–H and O–H groups in total. The molecule has 0 aliphatic carbocycles. The first-order valence-corrected chi connectivity index (χ1v) is 7.57. The molecular weight excluding hydrogens is 276 g/mol. The Balaban J connectivity index is 1.68.